The standard InChI is InChI=1S/C11H20N4/c1-6-12-10-8(3)11(15(5)7-2)14-9(4)13-10/h6-7H2,1-5H3,(H,12,13,14). The Morgan fingerprint density at radius 1 is 1.20 bits per heavy atom. The van der Waals surface area contributed by atoms with Gasteiger partial charge in [0.15, 0.2) is 0 Å². The first-order chi connectivity index (χ1) is 7.10. The van der Waals surface area contributed by atoms with Crippen molar-refractivity contribution in [3.05, 3.63) is 11.4 Å². The molecule has 0 atom stereocenters. The minimum Gasteiger partial charge on any atom is -0.370 e. The average molecular weight is 208 g/mol. The number of aromatic nitrogens is 2. The van der Waals surface area contributed by atoms with Gasteiger partial charge in [0.1, 0.15) is 17.5 Å². The van der Waals surface area contributed by atoms with E-state index in [1.807, 2.05) is 14.0 Å². The Bertz CT molecular complexity index is 336. The van der Waals surface area contributed by atoms with E-state index in [0.717, 1.165) is 36.1 Å². The summed E-state index contributed by atoms with van der Waals surface area (Å²) < 4.78 is 0. The first-order valence-corrected chi connectivity index (χ1v) is 5.40. The number of nitrogens with one attached hydrogen (secondary N) is 1. The van der Waals surface area contributed by atoms with Crippen molar-refractivity contribution in [1.82, 2.24) is 9.97 Å². The van der Waals surface area contributed by atoms with Crippen molar-refractivity contribution >= 4 is 11.6 Å². The van der Waals surface area contributed by atoms with Gasteiger partial charge in [-0.3, -0.25) is 0 Å². The molecule has 0 aliphatic carbocycles. The number of hydrogen-bond donors (Lipinski definition) is 1. The van der Waals surface area contributed by atoms with Gasteiger partial charge in [-0.05, 0) is 27.7 Å². The first kappa shape index (κ1) is 11.8. The molecule has 4 heteroatoms. The number of nitrogens with zero attached hydrogens (tertiary/aromatic N) is 3. The third-order valence-corrected chi connectivity index (χ3v) is 2.41. The van der Waals surface area contributed by atoms with Gasteiger partial charge < -0.3 is 10.2 Å². The highest BCUT2D eigenvalue weighted by Crippen LogP contribution is 2.22. The van der Waals surface area contributed by atoms with Gasteiger partial charge in [-0.1, -0.05) is 0 Å². The predicted octanol–water partition coefficient (Wildman–Crippen LogP) is 1.98. The summed E-state index contributed by atoms with van der Waals surface area (Å²) in [6, 6.07) is 0. The number of anilines is 2. The molecule has 1 rings (SSSR count). The second-order valence-corrected chi connectivity index (χ2v) is 3.61. The Hall–Kier alpha value is -1.32. The topological polar surface area (TPSA) is 41.1 Å². The molecule has 0 radical (unpaired) electrons. The molecule has 1 heterocycles. The minimum atomic E-state index is 0.812. The van der Waals surface area contributed by atoms with Crippen LogP contribution in [0.25, 0.3) is 0 Å². The molecule has 0 bridgehead atoms. The summed E-state index contributed by atoms with van der Waals surface area (Å²) in [4.78, 5) is 11.0. The van der Waals surface area contributed by atoms with Gasteiger partial charge >= 0.3 is 0 Å². The van der Waals surface area contributed by atoms with Gasteiger partial charge in [0, 0.05) is 25.7 Å². The lowest BCUT2D eigenvalue weighted by molar-refractivity contribution is 0.899. The zero-order valence-corrected chi connectivity index (χ0v) is 10.3. The molecule has 0 saturated heterocycles. The first-order valence-electron chi connectivity index (χ1n) is 5.40. The fraction of sp³-hybridized carbons (Fsp3) is 0.636. The fourth-order valence-corrected chi connectivity index (χ4v) is 1.47. The molecule has 84 valence electrons. The van der Waals surface area contributed by atoms with E-state index in [9.17, 15) is 0 Å². The van der Waals surface area contributed by atoms with Crippen molar-refractivity contribution in [3.8, 4) is 0 Å². The molecule has 0 amide bonds. The lowest BCUT2D eigenvalue weighted by atomic mass is 10.3. The highest BCUT2D eigenvalue weighted by molar-refractivity contribution is 5.58. The average Bonchev–Trinajstić information content (AvgIpc) is 2.22. The molecule has 4 nitrogen and oxygen atoms in total. The summed E-state index contributed by atoms with van der Waals surface area (Å²) in [7, 11) is 2.05. The van der Waals surface area contributed by atoms with Gasteiger partial charge in [0.25, 0.3) is 0 Å². The summed E-state index contributed by atoms with van der Waals surface area (Å²) in [6.07, 6.45) is 0. The van der Waals surface area contributed by atoms with Crippen molar-refractivity contribution in [2.45, 2.75) is 27.7 Å². The summed E-state index contributed by atoms with van der Waals surface area (Å²) in [6.45, 7) is 9.99. The highest BCUT2D eigenvalue weighted by atomic mass is 15.2. The third-order valence-electron chi connectivity index (χ3n) is 2.41. The smallest absolute Gasteiger partial charge is 0.137 e. The second kappa shape index (κ2) is 4.96. The second-order valence-electron chi connectivity index (χ2n) is 3.61. The van der Waals surface area contributed by atoms with Crippen LogP contribution in [0.1, 0.15) is 25.2 Å². The van der Waals surface area contributed by atoms with Crippen molar-refractivity contribution in [2.75, 3.05) is 30.4 Å². The molecule has 1 aromatic rings. The molecule has 0 aliphatic rings. The van der Waals surface area contributed by atoms with Crippen molar-refractivity contribution in [2.24, 2.45) is 0 Å². The molecule has 1 aromatic heterocycles. The summed E-state index contributed by atoms with van der Waals surface area (Å²) in [5, 5.41) is 3.26. The van der Waals surface area contributed by atoms with E-state index in [0.29, 0.717) is 0 Å². The van der Waals surface area contributed by atoms with Gasteiger partial charge in [0.05, 0.1) is 0 Å². The summed E-state index contributed by atoms with van der Waals surface area (Å²) >= 11 is 0. The Balaban J connectivity index is 3.15. The van der Waals surface area contributed by atoms with Crippen LogP contribution in [0.3, 0.4) is 0 Å². The van der Waals surface area contributed by atoms with Gasteiger partial charge in [-0.2, -0.15) is 0 Å². The Labute approximate surface area is 91.7 Å². The van der Waals surface area contributed by atoms with Gasteiger partial charge in [-0.15, -0.1) is 0 Å². The molecule has 0 aliphatic heterocycles. The molecule has 0 aromatic carbocycles. The quantitative estimate of drug-likeness (QED) is 0.821. The zero-order valence-electron chi connectivity index (χ0n) is 10.3. The van der Waals surface area contributed by atoms with Gasteiger partial charge in [0.2, 0.25) is 0 Å². The van der Waals surface area contributed by atoms with E-state index < -0.39 is 0 Å². The summed E-state index contributed by atoms with van der Waals surface area (Å²) in [5.74, 6) is 2.77. The van der Waals surface area contributed by atoms with Crippen LogP contribution in [0.15, 0.2) is 0 Å². The van der Waals surface area contributed by atoms with Crippen molar-refractivity contribution in [1.29, 1.82) is 0 Å². The number of aryl methyl sites for hydroxylation is 1. The predicted molar refractivity (Wildman–Crippen MR) is 64.6 cm³/mol. The normalized spacial score (nSPS) is 10.2. The molecule has 0 unspecified atom stereocenters. The third kappa shape index (κ3) is 2.58. The Morgan fingerprint density at radius 3 is 2.40 bits per heavy atom. The van der Waals surface area contributed by atoms with Crippen molar-refractivity contribution < 1.29 is 0 Å². The lowest BCUT2D eigenvalue weighted by Gasteiger charge is -2.20. The van der Waals surface area contributed by atoms with E-state index in [4.69, 9.17) is 0 Å². The van der Waals surface area contributed by atoms with Crippen LogP contribution in [-0.2, 0) is 0 Å². The van der Waals surface area contributed by atoms with Crippen LogP contribution in [0.5, 0.6) is 0 Å². The van der Waals surface area contributed by atoms with E-state index in [1.54, 1.807) is 0 Å². The maximum atomic E-state index is 4.46. The largest absolute Gasteiger partial charge is 0.370 e. The minimum absolute atomic E-state index is 0.812. The van der Waals surface area contributed by atoms with Crippen LogP contribution >= 0.6 is 0 Å². The van der Waals surface area contributed by atoms with Crippen LogP contribution in [0.4, 0.5) is 11.6 Å². The molecule has 1 N–H and O–H groups in total. The maximum absolute atomic E-state index is 4.46. The molecule has 0 fully saturated rings. The van der Waals surface area contributed by atoms with Crippen molar-refractivity contribution in [3.63, 3.8) is 0 Å². The van der Waals surface area contributed by atoms with E-state index in [1.165, 1.54) is 0 Å². The Morgan fingerprint density at radius 2 is 1.87 bits per heavy atom. The monoisotopic (exact) mass is 208 g/mol. The van der Waals surface area contributed by atoms with Crippen LogP contribution < -0.4 is 10.2 Å². The van der Waals surface area contributed by atoms with E-state index in [-0.39, 0.29) is 0 Å². The Kier molecular flexibility index (Phi) is 3.88. The molecule has 0 spiro atoms. The van der Waals surface area contributed by atoms with E-state index in [2.05, 4.69) is 41.0 Å². The van der Waals surface area contributed by atoms with Crippen LogP contribution in [-0.4, -0.2) is 30.1 Å². The zero-order chi connectivity index (χ0) is 11.4. The SMILES string of the molecule is CCNc1nc(C)nc(N(C)CC)c1C. The van der Waals surface area contributed by atoms with E-state index >= 15 is 0 Å². The fourth-order valence-electron chi connectivity index (χ4n) is 1.47. The summed E-state index contributed by atoms with van der Waals surface area (Å²) in [5.41, 5.74) is 1.12. The highest BCUT2D eigenvalue weighted by Gasteiger charge is 2.10. The van der Waals surface area contributed by atoms with Crippen LogP contribution in [0, 0.1) is 13.8 Å². The maximum Gasteiger partial charge on any atom is 0.137 e. The number of rotatable bonds is 4. The van der Waals surface area contributed by atoms with Gasteiger partial charge in [-0.25, -0.2) is 9.97 Å². The molecular formula is C11H20N4. The van der Waals surface area contributed by atoms with Crippen LogP contribution in [0.2, 0.25) is 0 Å². The molecular weight excluding hydrogens is 188 g/mol. The lowest BCUT2D eigenvalue weighted by Crippen LogP contribution is -2.20. The molecule has 15 heavy (non-hydrogen) atoms. The molecule has 0 saturated carbocycles. The number of hydrogen-bond acceptors (Lipinski definition) is 4.